The monoisotopic (exact) mass is 289 g/mol. The van der Waals surface area contributed by atoms with Gasteiger partial charge in [-0.3, -0.25) is 0 Å². The van der Waals surface area contributed by atoms with Gasteiger partial charge in [-0.2, -0.15) is 0 Å². The van der Waals surface area contributed by atoms with E-state index in [1.54, 1.807) is 26.7 Å². The van der Waals surface area contributed by atoms with E-state index in [0.717, 1.165) is 36.4 Å². The summed E-state index contributed by atoms with van der Waals surface area (Å²) in [6.07, 6.45) is 5.45. The minimum atomic E-state index is 0.201. The highest BCUT2D eigenvalue weighted by Gasteiger charge is 2.15. The first-order valence-electron chi connectivity index (χ1n) is 7.24. The Labute approximate surface area is 126 Å². The van der Waals surface area contributed by atoms with Crippen LogP contribution in [-0.4, -0.2) is 20.8 Å². The molecule has 0 saturated heterocycles. The molecule has 2 rings (SSSR count). The van der Waals surface area contributed by atoms with Crippen LogP contribution in [0, 0.1) is 0 Å². The molecule has 0 spiro atoms. The van der Waals surface area contributed by atoms with E-state index in [9.17, 15) is 0 Å². The van der Waals surface area contributed by atoms with Gasteiger partial charge in [-0.15, -0.1) is 0 Å². The molecule has 2 aromatic rings. The van der Waals surface area contributed by atoms with Gasteiger partial charge < -0.3 is 19.2 Å². The average molecular weight is 289 g/mol. The van der Waals surface area contributed by atoms with Gasteiger partial charge in [-0.1, -0.05) is 6.92 Å². The summed E-state index contributed by atoms with van der Waals surface area (Å²) < 4.78 is 15.9. The molecule has 1 aromatic carbocycles. The fraction of sp³-hybridized carbons (Fsp3) is 0.412. The van der Waals surface area contributed by atoms with Crippen molar-refractivity contribution in [2.45, 2.75) is 25.8 Å². The molecular weight excluding hydrogens is 266 g/mol. The maximum atomic E-state index is 5.36. The predicted octanol–water partition coefficient (Wildman–Crippen LogP) is 3.58. The molecule has 114 valence electrons. The van der Waals surface area contributed by atoms with Gasteiger partial charge in [0.05, 0.1) is 26.7 Å². The summed E-state index contributed by atoms with van der Waals surface area (Å²) in [5, 5.41) is 3.57. The fourth-order valence-corrected chi connectivity index (χ4v) is 2.30. The summed E-state index contributed by atoms with van der Waals surface area (Å²) in [7, 11) is 3.34. The molecule has 0 radical (unpaired) electrons. The Morgan fingerprint density at radius 2 is 1.86 bits per heavy atom. The Hall–Kier alpha value is -1.94. The average Bonchev–Trinajstić information content (AvgIpc) is 3.03. The zero-order valence-electron chi connectivity index (χ0n) is 12.9. The predicted molar refractivity (Wildman–Crippen MR) is 83.0 cm³/mol. The number of furan rings is 1. The van der Waals surface area contributed by atoms with E-state index in [4.69, 9.17) is 13.9 Å². The quantitative estimate of drug-likeness (QED) is 0.806. The first kappa shape index (κ1) is 15.4. The molecule has 0 aliphatic heterocycles. The zero-order valence-corrected chi connectivity index (χ0v) is 12.9. The van der Waals surface area contributed by atoms with E-state index in [1.807, 2.05) is 12.1 Å². The Morgan fingerprint density at radius 1 is 1.14 bits per heavy atom. The summed E-state index contributed by atoms with van der Waals surface area (Å²) in [4.78, 5) is 0. The second-order valence-electron chi connectivity index (χ2n) is 4.99. The molecule has 0 aliphatic carbocycles. The van der Waals surface area contributed by atoms with Crippen LogP contribution in [0.2, 0.25) is 0 Å². The van der Waals surface area contributed by atoms with Crippen molar-refractivity contribution in [1.29, 1.82) is 0 Å². The number of rotatable bonds is 8. The lowest BCUT2D eigenvalue weighted by Gasteiger charge is -2.20. The Morgan fingerprint density at radius 3 is 2.38 bits per heavy atom. The summed E-state index contributed by atoms with van der Waals surface area (Å²) in [5.74, 6) is 1.61. The molecule has 21 heavy (non-hydrogen) atoms. The molecule has 0 fully saturated rings. The summed E-state index contributed by atoms with van der Waals surface area (Å²) in [6, 6.07) is 8.19. The Bertz CT molecular complexity index is 515. The number of hydrogen-bond donors (Lipinski definition) is 1. The molecular formula is C17H23NO3. The molecule has 1 atom stereocenters. The minimum absolute atomic E-state index is 0.201. The van der Waals surface area contributed by atoms with Crippen LogP contribution in [-0.2, 0) is 6.42 Å². The van der Waals surface area contributed by atoms with Crippen LogP contribution in [0.25, 0.3) is 0 Å². The lowest BCUT2D eigenvalue weighted by molar-refractivity contribution is 0.391. The van der Waals surface area contributed by atoms with Crippen LogP contribution in [0.5, 0.6) is 11.5 Å². The SMILES string of the molecule is CCCNC(Cc1ccoc1)c1cc(OC)cc(OC)c1. The standard InChI is InChI=1S/C17H23NO3/c1-4-6-18-17(8-13-5-7-21-12-13)14-9-15(19-2)11-16(10-14)20-3/h5,7,9-12,17-18H,4,6,8H2,1-3H3. The Kier molecular flexibility index (Phi) is 5.69. The lowest BCUT2D eigenvalue weighted by atomic mass is 9.99. The number of hydrogen-bond acceptors (Lipinski definition) is 4. The Balaban J connectivity index is 2.25. The van der Waals surface area contributed by atoms with Gasteiger partial charge in [0.25, 0.3) is 0 Å². The van der Waals surface area contributed by atoms with Gasteiger partial charge >= 0.3 is 0 Å². The van der Waals surface area contributed by atoms with Crippen LogP contribution in [0.1, 0.15) is 30.5 Å². The zero-order chi connectivity index (χ0) is 15.1. The first-order chi connectivity index (χ1) is 10.3. The molecule has 0 aliphatic rings. The lowest BCUT2D eigenvalue weighted by Crippen LogP contribution is -2.24. The van der Waals surface area contributed by atoms with E-state index < -0.39 is 0 Å². The topological polar surface area (TPSA) is 43.6 Å². The van der Waals surface area contributed by atoms with Crippen LogP contribution in [0.4, 0.5) is 0 Å². The van der Waals surface area contributed by atoms with Crippen LogP contribution < -0.4 is 14.8 Å². The van der Waals surface area contributed by atoms with Crippen molar-refractivity contribution in [2.24, 2.45) is 0 Å². The van der Waals surface area contributed by atoms with E-state index >= 15 is 0 Å². The van der Waals surface area contributed by atoms with Crippen molar-refractivity contribution in [3.05, 3.63) is 47.9 Å². The second-order valence-corrected chi connectivity index (χ2v) is 4.99. The largest absolute Gasteiger partial charge is 0.497 e. The van der Waals surface area contributed by atoms with Crippen molar-refractivity contribution in [2.75, 3.05) is 20.8 Å². The van der Waals surface area contributed by atoms with Crippen LogP contribution >= 0.6 is 0 Å². The molecule has 0 saturated carbocycles. The number of methoxy groups -OCH3 is 2. The van der Waals surface area contributed by atoms with Crippen molar-refractivity contribution < 1.29 is 13.9 Å². The van der Waals surface area contributed by atoms with Gasteiger partial charge in [0.15, 0.2) is 0 Å². The molecule has 4 heteroatoms. The smallest absolute Gasteiger partial charge is 0.122 e. The summed E-state index contributed by atoms with van der Waals surface area (Å²) in [5.41, 5.74) is 2.33. The normalized spacial score (nSPS) is 12.1. The van der Waals surface area contributed by atoms with Crippen molar-refractivity contribution in [3.63, 3.8) is 0 Å². The third-order valence-electron chi connectivity index (χ3n) is 3.44. The number of benzene rings is 1. The van der Waals surface area contributed by atoms with E-state index in [1.165, 1.54) is 5.56 Å². The molecule has 1 unspecified atom stereocenters. The number of ether oxygens (including phenoxy) is 2. The van der Waals surface area contributed by atoms with Crippen molar-refractivity contribution in [1.82, 2.24) is 5.32 Å². The number of nitrogens with one attached hydrogen (secondary N) is 1. The van der Waals surface area contributed by atoms with Crippen molar-refractivity contribution in [3.8, 4) is 11.5 Å². The third kappa shape index (κ3) is 4.26. The van der Waals surface area contributed by atoms with E-state index in [2.05, 4.69) is 24.4 Å². The maximum Gasteiger partial charge on any atom is 0.122 e. The highest BCUT2D eigenvalue weighted by Crippen LogP contribution is 2.28. The molecule has 1 aromatic heterocycles. The van der Waals surface area contributed by atoms with Gasteiger partial charge in [0.2, 0.25) is 0 Å². The van der Waals surface area contributed by atoms with E-state index in [0.29, 0.717) is 0 Å². The second kappa shape index (κ2) is 7.74. The third-order valence-corrected chi connectivity index (χ3v) is 3.44. The molecule has 1 heterocycles. The highest BCUT2D eigenvalue weighted by atomic mass is 16.5. The van der Waals surface area contributed by atoms with Gasteiger partial charge in [0.1, 0.15) is 11.5 Å². The summed E-state index contributed by atoms with van der Waals surface area (Å²) >= 11 is 0. The van der Waals surface area contributed by atoms with Gasteiger partial charge in [-0.05, 0) is 48.7 Å². The molecule has 1 N–H and O–H groups in total. The van der Waals surface area contributed by atoms with Gasteiger partial charge in [-0.25, -0.2) is 0 Å². The van der Waals surface area contributed by atoms with Crippen LogP contribution in [0.3, 0.4) is 0 Å². The fourth-order valence-electron chi connectivity index (χ4n) is 2.30. The van der Waals surface area contributed by atoms with E-state index in [-0.39, 0.29) is 6.04 Å². The highest BCUT2D eigenvalue weighted by molar-refractivity contribution is 5.40. The minimum Gasteiger partial charge on any atom is -0.497 e. The molecule has 4 nitrogen and oxygen atoms in total. The van der Waals surface area contributed by atoms with Crippen molar-refractivity contribution >= 4 is 0 Å². The van der Waals surface area contributed by atoms with Gasteiger partial charge in [0, 0.05) is 12.1 Å². The summed E-state index contributed by atoms with van der Waals surface area (Å²) in [6.45, 7) is 3.12. The first-order valence-corrected chi connectivity index (χ1v) is 7.24. The van der Waals surface area contributed by atoms with Crippen LogP contribution in [0.15, 0.2) is 41.2 Å². The molecule has 0 bridgehead atoms. The molecule has 0 amide bonds. The maximum absolute atomic E-state index is 5.36.